The summed E-state index contributed by atoms with van der Waals surface area (Å²) in [5.74, 6) is 0.305. The number of hydrogen-bond donors (Lipinski definition) is 1. The normalized spacial score (nSPS) is 13.6. The second-order valence-electron chi connectivity index (χ2n) is 3.94. The first kappa shape index (κ1) is 15.0. The first-order chi connectivity index (χ1) is 7.86. The minimum Gasteiger partial charge on any atom is -0.211 e. The lowest BCUT2D eigenvalue weighted by Crippen LogP contribution is -2.28. The fourth-order valence-electron chi connectivity index (χ4n) is 1.17. The van der Waals surface area contributed by atoms with Gasteiger partial charge in [-0.05, 0) is 24.1 Å². The van der Waals surface area contributed by atoms with Crippen LogP contribution in [-0.2, 0) is 10.0 Å². The molecular weight excluding hydrogens is 326 g/mol. The number of halogens is 2. The summed E-state index contributed by atoms with van der Waals surface area (Å²) in [5.41, 5.74) is 0. The van der Waals surface area contributed by atoms with Crippen LogP contribution >= 0.6 is 27.5 Å². The van der Waals surface area contributed by atoms with E-state index in [0.29, 0.717) is 12.5 Å². The molecule has 1 aromatic rings. The number of nitrogens with one attached hydrogen (secondary N) is 1. The van der Waals surface area contributed by atoms with Crippen LogP contribution in [0.3, 0.4) is 0 Å². The average molecular weight is 341 g/mol. The smallest absolute Gasteiger partial charge is 0.211 e. The fraction of sp³-hybridized carbons (Fsp3) is 0.455. The van der Waals surface area contributed by atoms with Crippen LogP contribution in [-0.4, -0.2) is 15.0 Å². The van der Waals surface area contributed by atoms with E-state index in [1.165, 1.54) is 6.07 Å². The molecule has 1 atom stereocenters. The first-order valence-electron chi connectivity index (χ1n) is 5.31. The quantitative estimate of drug-likeness (QED) is 0.892. The maximum absolute atomic E-state index is 12.0. The van der Waals surface area contributed by atoms with Gasteiger partial charge in [-0.25, -0.2) is 13.1 Å². The zero-order valence-electron chi connectivity index (χ0n) is 9.70. The van der Waals surface area contributed by atoms with Crippen molar-refractivity contribution in [2.75, 3.05) is 6.54 Å². The van der Waals surface area contributed by atoms with E-state index in [-0.39, 0.29) is 9.92 Å². The second kappa shape index (κ2) is 6.18. The standard InChI is InChI=1S/C11H15BrClNO2S/c1-3-8(2)7-14-17(15,16)11-5-4-9(12)6-10(11)13/h4-6,8,14H,3,7H2,1-2H3. The van der Waals surface area contributed by atoms with Crippen LogP contribution in [0.1, 0.15) is 20.3 Å². The van der Waals surface area contributed by atoms with Crippen molar-refractivity contribution in [1.29, 1.82) is 0 Å². The van der Waals surface area contributed by atoms with Crippen molar-refractivity contribution in [3.05, 3.63) is 27.7 Å². The van der Waals surface area contributed by atoms with Crippen LogP contribution in [0.2, 0.25) is 5.02 Å². The van der Waals surface area contributed by atoms with Crippen molar-refractivity contribution in [3.63, 3.8) is 0 Å². The Labute approximate surface area is 116 Å². The van der Waals surface area contributed by atoms with Gasteiger partial charge in [-0.15, -0.1) is 0 Å². The van der Waals surface area contributed by atoms with Gasteiger partial charge in [0.15, 0.2) is 0 Å². The summed E-state index contributed by atoms with van der Waals surface area (Å²) in [6.45, 7) is 4.43. The van der Waals surface area contributed by atoms with Crippen molar-refractivity contribution >= 4 is 37.6 Å². The molecule has 1 unspecified atom stereocenters. The van der Waals surface area contributed by atoms with Gasteiger partial charge >= 0.3 is 0 Å². The average Bonchev–Trinajstić information content (AvgIpc) is 2.25. The molecule has 1 N–H and O–H groups in total. The summed E-state index contributed by atoms with van der Waals surface area (Å²) in [6.07, 6.45) is 0.927. The highest BCUT2D eigenvalue weighted by Gasteiger charge is 2.18. The molecule has 0 radical (unpaired) electrons. The number of benzene rings is 1. The van der Waals surface area contributed by atoms with Crippen LogP contribution in [0.25, 0.3) is 0 Å². The molecule has 0 aliphatic carbocycles. The summed E-state index contributed by atoms with van der Waals surface area (Å²) in [5, 5.41) is 0.219. The molecule has 1 rings (SSSR count). The Kier molecular flexibility index (Phi) is 5.44. The predicted molar refractivity (Wildman–Crippen MR) is 73.8 cm³/mol. The van der Waals surface area contributed by atoms with E-state index in [2.05, 4.69) is 20.7 Å². The van der Waals surface area contributed by atoms with E-state index >= 15 is 0 Å². The lowest BCUT2D eigenvalue weighted by molar-refractivity contribution is 0.528. The molecule has 0 spiro atoms. The predicted octanol–water partition coefficient (Wildman–Crippen LogP) is 3.43. The minimum absolute atomic E-state index is 0.116. The third kappa shape index (κ3) is 4.25. The molecule has 0 aliphatic heterocycles. The van der Waals surface area contributed by atoms with Crippen molar-refractivity contribution in [1.82, 2.24) is 4.72 Å². The van der Waals surface area contributed by atoms with E-state index in [1.807, 2.05) is 13.8 Å². The van der Waals surface area contributed by atoms with Crippen LogP contribution in [0.15, 0.2) is 27.6 Å². The minimum atomic E-state index is -3.52. The number of sulfonamides is 1. The van der Waals surface area contributed by atoms with Crippen molar-refractivity contribution in [2.45, 2.75) is 25.2 Å². The first-order valence-corrected chi connectivity index (χ1v) is 7.97. The van der Waals surface area contributed by atoms with Gasteiger partial charge in [0.1, 0.15) is 4.90 Å². The molecule has 0 amide bonds. The maximum atomic E-state index is 12.0. The second-order valence-corrected chi connectivity index (χ2v) is 7.00. The van der Waals surface area contributed by atoms with Gasteiger partial charge in [-0.2, -0.15) is 0 Å². The van der Waals surface area contributed by atoms with Gasteiger partial charge in [-0.1, -0.05) is 47.8 Å². The lowest BCUT2D eigenvalue weighted by atomic mass is 10.1. The summed E-state index contributed by atoms with van der Waals surface area (Å²) < 4.78 is 27.3. The summed E-state index contributed by atoms with van der Waals surface area (Å²) in [4.78, 5) is 0.116. The summed E-state index contributed by atoms with van der Waals surface area (Å²) >= 11 is 9.15. The molecule has 0 saturated heterocycles. The number of hydrogen-bond acceptors (Lipinski definition) is 2. The molecule has 1 aromatic carbocycles. The molecule has 96 valence electrons. The number of rotatable bonds is 5. The Morgan fingerprint density at radius 3 is 2.65 bits per heavy atom. The van der Waals surface area contributed by atoms with Crippen LogP contribution in [0.5, 0.6) is 0 Å². The molecule has 0 fully saturated rings. The highest BCUT2D eigenvalue weighted by Crippen LogP contribution is 2.25. The largest absolute Gasteiger partial charge is 0.242 e. The molecule has 0 bridgehead atoms. The molecule has 0 saturated carbocycles. The Morgan fingerprint density at radius 2 is 2.12 bits per heavy atom. The van der Waals surface area contributed by atoms with Gasteiger partial charge in [0.25, 0.3) is 0 Å². The molecule has 0 heterocycles. The highest BCUT2D eigenvalue weighted by atomic mass is 79.9. The van der Waals surface area contributed by atoms with Crippen LogP contribution < -0.4 is 4.72 Å². The molecule has 0 aliphatic rings. The summed E-state index contributed by atoms with van der Waals surface area (Å²) in [6, 6.07) is 4.72. The topological polar surface area (TPSA) is 46.2 Å². The Morgan fingerprint density at radius 1 is 1.47 bits per heavy atom. The summed E-state index contributed by atoms with van der Waals surface area (Å²) in [7, 11) is -3.52. The van der Waals surface area contributed by atoms with Crippen molar-refractivity contribution in [2.24, 2.45) is 5.92 Å². The van der Waals surface area contributed by atoms with Gasteiger partial charge in [0.05, 0.1) is 5.02 Å². The van der Waals surface area contributed by atoms with E-state index in [0.717, 1.165) is 10.9 Å². The molecular formula is C11H15BrClNO2S. The SMILES string of the molecule is CCC(C)CNS(=O)(=O)c1ccc(Br)cc1Cl. The van der Waals surface area contributed by atoms with Crippen LogP contribution in [0, 0.1) is 5.92 Å². The van der Waals surface area contributed by atoms with Crippen molar-refractivity contribution in [3.8, 4) is 0 Å². The maximum Gasteiger partial charge on any atom is 0.242 e. The van der Waals surface area contributed by atoms with Crippen molar-refractivity contribution < 1.29 is 8.42 Å². The van der Waals surface area contributed by atoms with Gasteiger partial charge in [0.2, 0.25) is 10.0 Å². The molecule has 17 heavy (non-hydrogen) atoms. The van der Waals surface area contributed by atoms with Gasteiger partial charge in [-0.3, -0.25) is 0 Å². The zero-order chi connectivity index (χ0) is 13.1. The Bertz CT molecular complexity index is 490. The zero-order valence-corrected chi connectivity index (χ0v) is 12.9. The van der Waals surface area contributed by atoms with E-state index in [9.17, 15) is 8.42 Å². The van der Waals surface area contributed by atoms with Crippen LogP contribution in [0.4, 0.5) is 0 Å². The van der Waals surface area contributed by atoms with E-state index in [1.54, 1.807) is 12.1 Å². The third-order valence-corrected chi connectivity index (χ3v) is 4.90. The molecule has 0 aromatic heterocycles. The van der Waals surface area contributed by atoms with E-state index in [4.69, 9.17) is 11.6 Å². The fourth-order valence-corrected chi connectivity index (χ4v) is 3.37. The monoisotopic (exact) mass is 339 g/mol. The van der Waals surface area contributed by atoms with Gasteiger partial charge < -0.3 is 0 Å². The Hall–Kier alpha value is -0.100. The lowest BCUT2D eigenvalue weighted by Gasteiger charge is -2.11. The van der Waals surface area contributed by atoms with Gasteiger partial charge in [0, 0.05) is 11.0 Å². The molecule has 3 nitrogen and oxygen atoms in total. The Balaban J connectivity index is 2.90. The van der Waals surface area contributed by atoms with E-state index < -0.39 is 10.0 Å². The molecule has 6 heteroatoms. The third-order valence-electron chi connectivity index (χ3n) is 2.50. The highest BCUT2D eigenvalue weighted by molar-refractivity contribution is 9.10.